The third-order valence-electron chi connectivity index (χ3n) is 2.65. The molecule has 0 heterocycles. The van der Waals surface area contributed by atoms with Gasteiger partial charge in [0.2, 0.25) is 0 Å². The van der Waals surface area contributed by atoms with Crippen molar-refractivity contribution in [2.75, 3.05) is 33.5 Å². The highest BCUT2D eigenvalue weighted by molar-refractivity contribution is 5.30. The molecule has 0 aliphatic heterocycles. The van der Waals surface area contributed by atoms with Crippen LogP contribution < -0.4 is 10.5 Å². The second-order valence-electron chi connectivity index (χ2n) is 4.50. The van der Waals surface area contributed by atoms with Crippen LogP contribution in [0.3, 0.4) is 0 Å². The van der Waals surface area contributed by atoms with E-state index in [4.69, 9.17) is 19.9 Å². The van der Waals surface area contributed by atoms with Gasteiger partial charge in [-0.25, -0.2) is 4.39 Å². The van der Waals surface area contributed by atoms with Crippen LogP contribution >= 0.6 is 0 Å². The molecule has 0 fully saturated rings. The van der Waals surface area contributed by atoms with Crippen molar-refractivity contribution < 1.29 is 23.7 Å². The Bertz CT molecular complexity index is 401. The molecule has 0 spiro atoms. The summed E-state index contributed by atoms with van der Waals surface area (Å²) in [5.41, 5.74) is 6.05. The average Bonchev–Trinajstić information content (AvgIpc) is 2.41. The summed E-state index contributed by atoms with van der Waals surface area (Å²) in [7, 11) is 1.57. The molecule has 1 unspecified atom stereocenters. The van der Waals surface area contributed by atoms with Crippen LogP contribution in [0.4, 0.5) is 4.39 Å². The summed E-state index contributed by atoms with van der Waals surface area (Å²) in [6.45, 7) is 2.76. The highest BCUT2D eigenvalue weighted by Gasteiger charge is 2.10. The van der Waals surface area contributed by atoms with Crippen molar-refractivity contribution >= 4 is 0 Å². The maximum absolute atomic E-state index is 13.7. The van der Waals surface area contributed by atoms with Gasteiger partial charge in [-0.2, -0.15) is 0 Å². The van der Waals surface area contributed by atoms with Gasteiger partial charge in [0.15, 0.2) is 0 Å². The van der Waals surface area contributed by atoms with Crippen LogP contribution in [0.1, 0.15) is 18.5 Å². The van der Waals surface area contributed by atoms with Gasteiger partial charge in [-0.05, 0) is 13.0 Å². The lowest BCUT2D eigenvalue weighted by molar-refractivity contribution is -0.00423. The van der Waals surface area contributed by atoms with E-state index in [1.807, 2.05) is 0 Å². The lowest BCUT2D eigenvalue weighted by Gasteiger charge is -2.14. The van der Waals surface area contributed by atoms with Crippen LogP contribution in [-0.2, 0) is 9.47 Å². The van der Waals surface area contributed by atoms with Crippen LogP contribution in [0.2, 0.25) is 0 Å². The van der Waals surface area contributed by atoms with Gasteiger partial charge in [0.25, 0.3) is 0 Å². The highest BCUT2D eigenvalue weighted by Crippen LogP contribution is 2.20. The Morgan fingerprint density at radius 2 is 2.05 bits per heavy atom. The van der Waals surface area contributed by atoms with E-state index in [2.05, 4.69) is 0 Å². The molecule has 0 saturated carbocycles. The first kappa shape index (κ1) is 16.8. The lowest BCUT2D eigenvalue weighted by atomic mass is 10.1. The van der Waals surface area contributed by atoms with Gasteiger partial charge < -0.3 is 25.1 Å². The first-order chi connectivity index (χ1) is 9.54. The van der Waals surface area contributed by atoms with Crippen LogP contribution in [-0.4, -0.2) is 44.7 Å². The molecule has 0 aliphatic carbocycles. The van der Waals surface area contributed by atoms with Gasteiger partial charge in [-0.3, -0.25) is 0 Å². The van der Waals surface area contributed by atoms with Crippen molar-refractivity contribution in [1.29, 1.82) is 0 Å². The monoisotopic (exact) mass is 287 g/mol. The summed E-state index contributed by atoms with van der Waals surface area (Å²) in [6, 6.07) is 4.10. The first-order valence-corrected chi connectivity index (χ1v) is 6.47. The first-order valence-electron chi connectivity index (χ1n) is 6.47. The molecule has 114 valence electrons. The minimum absolute atomic E-state index is 0.0317. The van der Waals surface area contributed by atoms with Crippen molar-refractivity contribution in [2.24, 2.45) is 5.73 Å². The second kappa shape index (κ2) is 8.86. The summed E-state index contributed by atoms with van der Waals surface area (Å²) >= 11 is 0. The molecular formula is C14H22FNO4. The zero-order valence-corrected chi connectivity index (χ0v) is 11.8. The SMILES string of the molecule is COCCOCC(O)COc1ccc([C@@H](C)N)c(F)c1. The van der Waals surface area contributed by atoms with E-state index in [1.165, 1.54) is 6.07 Å². The summed E-state index contributed by atoms with van der Waals surface area (Å²) in [6.07, 6.45) is -0.775. The van der Waals surface area contributed by atoms with Crippen molar-refractivity contribution in [3.8, 4) is 5.75 Å². The molecule has 1 rings (SSSR count). The third-order valence-corrected chi connectivity index (χ3v) is 2.65. The third kappa shape index (κ3) is 5.83. The molecule has 0 bridgehead atoms. The van der Waals surface area contributed by atoms with Crippen molar-refractivity contribution in [2.45, 2.75) is 19.1 Å². The average molecular weight is 287 g/mol. The molecule has 5 nitrogen and oxygen atoms in total. The predicted molar refractivity (Wildman–Crippen MR) is 73.2 cm³/mol. The van der Waals surface area contributed by atoms with E-state index in [0.29, 0.717) is 24.5 Å². The smallest absolute Gasteiger partial charge is 0.131 e. The molecule has 2 atom stereocenters. The predicted octanol–water partition coefficient (Wildman–Crippen LogP) is 1.25. The summed E-state index contributed by atoms with van der Waals surface area (Å²) in [5, 5.41) is 9.62. The number of methoxy groups -OCH3 is 1. The number of aliphatic hydroxyl groups excluding tert-OH is 1. The minimum atomic E-state index is -0.775. The largest absolute Gasteiger partial charge is 0.491 e. The number of rotatable bonds is 9. The molecule has 0 saturated heterocycles. The van der Waals surface area contributed by atoms with Gasteiger partial charge >= 0.3 is 0 Å². The Hall–Kier alpha value is -1.21. The Labute approximate surface area is 118 Å². The maximum atomic E-state index is 13.7. The van der Waals surface area contributed by atoms with Gasteiger partial charge in [0.05, 0.1) is 19.8 Å². The van der Waals surface area contributed by atoms with Gasteiger partial charge in [-0.15, -0.1) is 0 Å². The Kier molecular flexibility index (Phi) is 7.46. The van der Waals surface area contributed by atoms with E-state index >= 15 is 0 Å². The molecule has 0 aliphatic rings. The van der Waals surface area contributed by atoms with Gasteiger partial charge in [-0.1, -0.05) is 6.07 Å². The molecule has 1 aromatic carbocycles. The number of aliphatic hydroxyl groups is 1. The van der Waals surface area contributed by atoms with Crippen molar-refractivity contribution in [3.05, 3.63) is 29.6 Å². The Balaban J connectivity index is 2.36. The summed E-state index contributed by atoms with van der Waals surface area (Å²) in [4.78, 5) is 0. The molecule has 0 amide bonds. The number of nitrogens with two attached hydrogens (primary N) is 1. The van der Waals surface area contributed by atoms with Crippen molar-refractivity contribution in [3.63, 3.8) is 0 Å². The number of halogens is 1. The van der Waals surface area contributed by atoms with E-state index in [9.17, 15) is 9.50 Å². The standard InChI is InChI=1S/C14H22FNO4/c1-10(16)13-4-3-12(7-14(13)15)20-9-11(17)8-19-6-5-18-2/h3-4,7,10-11,17H,5-6,8-9,16H2,1-2H3/t10-,11?/m1/s1. The second-order valence-corrected chi connectivity index (χ2v) is 4.50. The number of benzene rings is 1. The fourth-order valence-corrected chi connectivity index (χ4v) is 1.57. The van der Waals surface area contributed by atoms with Crippen LogP contribution in [0.25, 0.3) is 0 Å². The molecule has 0 aromatic heterocycles. The minimum Gasteiger partial charge on any atom is -0.491 e. The van der Waals surface area contributed by atoms with E-state index < -0.39 is 11.9 Å². The normalized spacial score (nSPS) is 14.1. The topological polar surface area (TPSA) is 73.9 Å². The zero-order chi connectivity index (χ0) is 15.0. The molecular weight excluding hydrogens is 265 g/mol. The van der Waals surface area contributed by atoms with E-state index in [-0.39, 0.29) is 19.3 Å². The van der Waals surface area contributed by atoms with Crippen molar-refractivity contribution in [1.82, 2.24) is 0 Å². The quantitative estimate of drug-likeness (QED) is 0.669. The number of hydrogen-bond acceptors (Lipinski definition) is 5. The Morgan fingerprint density at radius 3 is 2.65 bits per heavy atom. The van der Waals surface area contributed by atoms with Crippen LogP contribution in [0, 0.1) is 5.82 Å². The molecule has 0 radical (unpaired) electrons. The summed E-state index contributed by atoms with van der Waals surface area (Å²) in [5.74, 6) is -0.0637. The van der Waals surface area contributed by atoms with E-state index in [0.717, 1.165) is 0 Å². The van der Waals surface area contributed by atoms with Gasteiger partial charge in [0, 0.05) is 24.8 Å². The Morgan fingerprint density at radius 1 is 1.30 bits per heavy atom. The summed E-state index contributed by atoms with van der Waals surface area (Å²) < 4.78 is 28.9. The number of ether oxygens (including phenoxy) is 3. The number of hydrogen-bond donors (Lipinski definition) is 2. The highest BCUT2D eigenvalue weighted by atomic mass is 19.1. The zero-order valence-electron chi connectivity index (χ0n) is 11.8. The molecule has 6 heteroatoms. The molecule has 20 heavy (non-hydrogen) atoms. The van der Waals surface area contributed by atoms with Crippen LogP contribution in [0.5, 0.6) is 5.75 Å². The van der Waals surface area contributed by atoms with E-state index in [1.54, 1.807) is 26.2 Å². The van der Waals surface area contributed by atoms with Crippen LogP contribution in [0.15, 0.2) is 18.2 Å². The fraction of sp³-hybridized carbons (Fsp3) is 0.571. The molecule has 1 aromatic rings. The molecule has 3 N–H and O–H groups in total. The van der Waals surface area contributed by atoms with Gasteiger partial charge in [0.1, 0.15) is 24.3 Å². The fourth-order valence-electron chi connectivity index (χ4n) is 1.57. The maximum Gasteiger partial charge on any atom is 0.131 e. The lowest BCUT2D eigenvalue weighted by Crippen LogP contribution is -2.24.